The lowest BCUT2D eigenvalue weighted by molar-refractivity contribution is -0.141. The lowest BCUT2D eigenvalue weighted by Crippen LogP contribution is -2.30. The molecule has 0 aliphatic heterocycles. The van der Waals surface area contributed by atoms with Crippen molar-refractivity contribution in [3.63, 3.8) is 0 Å². The van der Waals surface area contributed by atoms with Crippen LogP contribution in [0.3, 0.4) is 0 Å². The van der Waals surface area contributed by atoms with Crippen LogP contribution >= 0.6 is 27.3 Å². The SMILES string of the molecule is COC(=O)CC(NC(=O)c1csc(-c2ccco2)n1)c1ccc(Br)cc1. The molecule has 1 aromatic carbocycles. The summed E-state index contributed by atoms with van der Waals surface area (Å²) in [5, 5.41) is 5.13. The summed E-state index contributed by atoms with van der Waals surface area (Å²) in [5.74, 6) is -0.170. The summed E-state index contributed by atoms with van der Waals surface area (Å²) in [6, 6.07) is 10.4. The highest BCUT2D eigenvalue weighted by atomic mass is 79.9. The molecule has 134 valence electrons. The van der Waals surface area contributed by atoms with Gasteiger partial charge in [-0.15, -0.1) is 11.3 Å². The maximum Gasteiger partial charge on any atom is 0.307 e. The maximum atomic E-state index is 12.6. The van der Waals surface area contributed by atoms with Gasteiger partial charge < -0.3 is 14.5 Å². The number of methoxy groups -OCH3 is 1. The van der Waals surface area contributed by atoms with Crippen molar-refractivity contribution in [3.8, 4) is 10.8 Å². The Morgan fingerprint density at radius 3 is 2.73 bits per heavy atom. The first kappa shape index (κ1) is 18.3. The van der Waals surface area contributed by atoms with Crippen molar-refractivity contribution < 1.29 is 18.7 Å². The quantitative estimate of drug-likeness (QED) is 0.587. The molecule has 8 heteroatoms. The van der Waals surface area contributed by atoms with Gasteiger partial charge in [0, 0.05) is 9.85 Å². The molecule has 1 N–H and O–H groups in total. The fourth-order valence-corrected chi connectivity index (χ4v) is 3.35. The number of furan rings is 1. The van der Waals surface area contributed by atoms with Gasteiger partial charge in [0.25, 0.3) is 5.91 Å². The Labute approximate surface area is 162 Å². The van der Waals surface area contributed by atoms with Crippen LogP contribution in [0.1, 0.15) is 28.5 Å². The van der Waals surface area contributed by atoms with Gasteiger partial charge in [-0.25, -0.2) is 4.98 Å². The molecule has 2 heterocycles. The van der Waals surface area contributed by atoms with Crippen LogP contribution in [0.2, 0.25) is 0 Å². The Balaban J connectivity index is 1.78. The number of nitrogens with zero attached hydrogens (tertiary/aromatic N) is 1. The Bertz CT molecular complexity index is 890. The monoisotopic (exact) mass is 434 g/mol. The highest BCUT2D eigenvalue weighted by Gasteiger charge is 2.21. The second-order valence-electron chi connectivity index (χ2n) is 5.37. The van der Waals surface area contributed by atoms with E-state index >= 15 is 0 Å². The van der Waals surface area contributed by atoms with Crippen LogP contribution in [0.5, 0.6) is 0 Å². The molecule has 0 saturated heterocycles. The van der Waals surface area contributed by atoms with Gasteiger partial charge in [-0.1, -0.05) is 28.1 Å². The van der Waals surface area contributed by atoms with Crippen molar-refractivity contribution in [3.05, 3.63) is 63.8 Å². The van der Waals surface area contributed by atoms with Crippen molar-refractivity contribution in [2.45, 2.75) is 12.5 Å². The van der Waals surface area contributed by atoms with Crippen molar-refractivity contribution in [2.24, 2.45) is 0 Å². The van der Waals surface area contributed by atoms with E-state index in [1.165, 1.54) is 18.4 Å². The molecular weight excluding hydrogens is 420 g/mol. The standard InChI is InChI=1S/C18H15BrN2O4S/c1-24-16(22)9-13(11-4-6-12(19)7-5-11)20-17(23)14-10-26-18(21-14)15-3-2-8-25-15/h2-8,10,13H,9H2,1H3,(H,20,23). The Morgan fingerprint density at radius 1 is 1.31 bits per heavy atom. The number of aromatic nitrogens is 1. The summed E-state index contributed by atoms with van der Waals surface area (Å²) in [6.45, 7) is 0. The number of hydrogen-bond acceptors (Lipinski definition) is 6. The minimum Gasteiger partial charge on any atom is -0.469 e. The number of carbonyl (C=O) groups excluding carboxylic acids is 2. The van der Waals surface area contributed by atoms with Crippen LogP contribution < -0.4 is 5.32 Å². The summed E-state index contributed by atoms with van der Waals surface area (Å²) in [7, 11) is 1.32. The minimum absolute atomic E-state index is 0.0268. The predicted octanol–water partition coefficient (Wildman–Crippen LogP) is 4.20. The Morgan fingerprint density at radius 2 is 2.08 bits per heavy atom. The fraction of sp³-hybridized carbons (Fsp3) is 0.167. The number of thiazole rings is 1. The van der Waals surface area contributed by atoms with Gasteiger partial charge in [-0.05, 0) is 29.8 Å². The smallest absolute Gasteiger partial charge is 0.307 e. The third kappa shape index (κ3) is 4.39. The molecule has 1 unspecified atom stereocenters. The third-order valence-corrected chi connectivity index (χ3v) is 5.03. The number of carbonyl (C=O) groups is 2. The van der Waals surface area contributed by atoms with Crippen molar-refractivity contribution in [1.82, 2.24) is 10.3 Å². The first-order chi connectivity index (χ1) is 12.6. The first-order valence-corrected chi connectivity index (χ1v) is 9.36. The summed E-state index contributed by atoms with van der Waals surface area (Å²) in [4.78, 5) is 28.6. The maximum absolute atomic E-state index is 12.6. The zero-order valence-corrected chi connectivity index (χ0v) is 16.2. The molecule has 26 heavy (non-hydrogen) atoms. The molecule has 2 aromatic heterocycles. The minimum atomic E-state index is -0.517. The van der Waals surface area contributed by atoms with Gasteiger partial charge in [0.15, 0.2) is 10.8 Å². The van der Waals surface area contributed by atoms with E-state index in [4.69, 9.17) is 9.15 Å². The molecule has 0 spiro atoms. The second kappa shape index (κ2) is 8.29. The molecule has 0 bridgehead atoms. The number of benzene rings is 1. The van der Waals surface area contributed by atoms with Crippen molar-refractivity contribution in [1.29, 1.82) is 0 Å². The summed E-state index contributed by atoms with van der Waals surface area (Å²) < 4.78 is 10.9. The number of nitrogens with one attached hydrogen (secondary N) is 1. The normalized spacial score (nSPS) is 11.8. The van der Waals surface area contributed by atoms with Gasteiger partial charge in [0.2, 0.25) is 0 Å². The highest BCUT2D eigenvalue weighted by molar-refractivity contribution is 9.10. The van der Waals surface area contributed by atoms with E-state index in [1.807, 2.05) is 24.3 Å². The molecule has 6 nitrogen and oxygen atoms in total. The fourth-order valence-electron chi connectivity index (χ4n) is 2.32. The largest absolute Gasteiger partial charge is 0.469 e. The first-order valence-electron chi connectivity index (χ1n) is 7.69. The number of halogens is 1. The Kier molecular flexibility index (Phi) is 5.85. The van der Waals surface area contributed by atoms with Crippen LogP contribution in [0.25, 0.3) is 10.8 Å². The van der Waals surface area contributed by atoms with Gasteiger partial charge >= 0.3 is 5.97 Å². The molecule has 3 rings (SSSR count). The summed E-state index contributed by atoms with van der Waals surface area (Å²) >= 11 is 4.69. The Hall–Kier alpha value is -2.45. The molecule has 0 aliphatic carbocycles. The van der Waals surface area contributed by atoms with Gasteiger partial charge in [0.1, 0.15) is 5.69 Å². The molecular formula is C18H15BrN2O4S. The van der Waals surface area contributed by atoms with Crippen LogP contribution in [-0.4, -0.2) is 24.0 Å². The van der Waals surface area contributed by atoms with Gasteiger partial charge in [-0.2, -0.15) is 0 Å². The van der Waals surface area contributed by atoms with E-state index in [9.17, 15) is 9.59 Å². The van der Waals surface area contributed by atoms with E-state index in [0.29, 0.717) is 10.8 Å². The molecule has 0 aliphatic rings. The van der Waals surface area contributed by atoms with Crippen molar-refractivity contribution in [2.75, 3.05) is 7.11 Å². The van der Waals surface area contributed by atoms with Gasteiger partial charge in [0.05, 0.1) is 25.8 Å². The van der Waals surface area contributed by atoms with E-state index < -0.39 is 12.0 Å². The molecule has 1 amide bonds. The molecule has 0 fully saturated rings. The van der Waals surface area contributed by atoms with Crippen LogP contribution in [-0.2, 0) is 9.53 Å². The van der Waals surface area contributed by atoms with Gasteiger partial charge in [-0.3, -0.25) is 9.59 Å². The van der Waals surface area contributed by atoms with Crippen molar-refractivity contribution >= 4 is 39.1 Å². The third-order valence-electron chi connectivity index (χ3n) is 3.64. The number of ether oxygens (including phenoxy) is 1. The average molecular weight is 435 g/mol. The number of amides is 1. The van der Waals surface area contributed by atoms with E-state index in [1.54, 1.807) is 23.8 Å². The van der Waals surface area contributed by atoms with Crippen LogP contribution in [0.4, 0.5) is 0 Å². The van der Waals surface area contributed by atoms with E-state index in [2.05, 4.69) is 26.2 Å². The number of esters is 1. The van der Waals surface area contributed by atoms with Crippen LogP contribution in [0.15, 0.2) is 56.9 Å². The van der Waals surface area contributed by atoms with Crippen LogP contribution in [0, 0.1) is 0 Å². The zero-order chi connectivity index (χ0) is 18.5. The molecule has 0 saturated carbocycles. The number of hydrogen-bond donors (Lipinski definition) is 1. The average Bonchev–Trinajstić information content (AvgIpc) is 3.33. The molecule has 0 radical (unpaired) electrons. The zero-order valence-electron chi connectivity index (χ0n) is 13.8. The lowest BCUT2D eigenvalue weighted by Gasteiger charge is -2.17. The highest BCUT2D eigenvalue weighted by Crippen LogP contribution is 2.25. The van der Waals surface area contributed by atoms with E-state index in [0.717, 1.165) is 10.0 Å². The molecule has 3 aromatic rings. The predicted molar refractivity (Wildman–Crippen MR) is 101 cm³/mol. The lowest BCUT2D eigenvalue weighted by atomic mass is 10.0. The summed E-state index contributed by atoms with van der Waals surface area (Å²) in [6.07, 6.45) is 1.58. The van der Waals surface area contributed by atoms with E-state index in [-0.39, 0.29) is 18.0 Å². The number of rotatable bonds is 6. The topological polar surface area (TPSA) is 81.4 Å². The molecule has 1 atom stereocenters. The second-order valence-corrected chi connectivity index (χ2v) is 7.15. The summed E-state index contributed by atoms with van der Waals surface area (Å²) in [5.41, 5.74) is 1.07.